The van der Waals surface area contributed by atoms with Gasteiger partial charge in [0.15, 0.2) is 5.76 Å². The predicted octanol–water partition coefficient (Wildman–Crippen LogP) is 1.37. The van der Waals surface area contributed by atoms with E-state index in [4.69, 9.17) is 4.52 Å². The van der Waals surface area contributed by atoms with E-state index >= 15 is 0 Å². The molecule has 96 valence electrons. The average molecular weight is 266 g/mol. The molecule has 1 spiro atoms. The number of aromatic nitrogens is 1. The fraction of sp³-hybridized carbons (Fsp3) is 0.583. The fourth-order valence-electron chi connectivity index (χ4n) is 2.58. The summed E-state index contributed by atoms with van der Waals surface area (Å²) in [6.45, 7) is 2.03. The van der Waals surface area contributed by atoms with Gasteiger partial charge in [-0.25, -0.2) is 0 Å². The molecule has 2 aliphatic heterocycles. The Labute approximate surface area is 109 Å². The second kappa shape index (κ2) is 4.12. The van der Waals surface area contributed by atoms with E-state index in [1.165, 1.54) is 4.90 Å². The zero-order valence-electron chi connectivity index (χ0n) is 10.1. The topological polar surface area (TPSA) is 63.4 Å². The lowest BCUT2D eigenvalue weighted by molar-refractivity contribution is -0.142. The summed E-state index contributed by atoms with van der Waals surface area (Å²) < 4.78 is 5.07. The molecule has 2 amide bonds. The number of rotatable bonds is 2. The van der Waals surface area contributed by atoms with Crippen molar-refractivity contribution in [2.75, 3.05) is 11.5 Å². The first-order chi connectivity index (χ1) is 8.61. The molecule has 3 rings (SSSR count). The first kappa shape index (κ1) is 11.8. The molecule has 5 nitrogen and oxygen atoms in total. The van der Waals surface area contributed by atoms with Crippen molar-refractivity contribution in [3.05, 3.63) is 17.5 Å². The zero-order valence-corrected chi connectivity index (χ0v) is 11.0. The van der Waals surface area contributed by atoms with Crippen LogP contribution in [0.2, 0.25) is 0 Å². The number of carbonyl (C=O) groups excluding carboxylic acids is 2. The lowest BCUT2D eigenvalue weighted by Crippen LogP contribution is -2.35. The second-order valence-corrected chi connectivity index (χ2v) is 6.08. The number of aryl methyl sites for hydroxylation is 1. The van der Waals surface area contributed by atoms with Gasteiger partial charge in [-0.15, -0.1) is 0 Å². The maximum absolute atomic E-state index is 12.4. The van der Waals surface area contributed by atoms with Crippen molar-refractivity contribution in [2.45, 2.75) is 26.3 Å². The van der Waals surface area contributed by atoms with E-state index in [2.05, 4.69) is 5.16 Å². The first-order valence-electron chi connectivity index (χ1n) is 5.95. The molecular formula is C12H14N2O3S. The van der Waals surface area contributed by atoms with Crippen molar-refractivity contribution in [3.8, 4) is 0 Å². The van der Waals surface area contributed by atoms with Crippen LogP contribution in [-0.4, -0.2) is 33.4 Å². The highest BCUT2D eigenvalue weighted by Crippen LogP contribution is 2.45. The van der Waals surface area contributed by atoms with Crippen molar-refractivity contribution < 1.29 is 14.1 Å². The maximum Gasteiger partial charge on any atom is 0.237 e. The van der Waals surface area contributed by atoms with Crippen molar-refractivity contribution in [2.24, 2.45) is 5.41 Å². The Morgan fingerprint density at radius 2 is 2.39 bits per heavy atom. The lowest BCUT2D eigenvalue weighted by Gasteiger charge is -2.19. The number of carbonyl (C=O) groups is 2. The molecule has 2 saturated heterocycles. The Bertz CT molecular complexity index is 505. The Kier molecular flexibility index (Phi) is 2.69. The van der Waals surface area contributed by atoms with Crippen molar-refractivity contribution in [3.63, 3.8) is 0 Å². The molecule has 0 N–H and O–H groups in total. The number of amides is 2. The van der Waals surface area contributed by atoms with E-state index in [1.807, 2.05) is 6.92 Å². The van der Waals surface area contributed by atoms with Crippen molar-refractivity contribution >= 4 is 23.6 Å². The largest absolute Gasteiger partial charge is 0.359 e. The average Bonchev–Trinajstić information content (AvgIpc) is 2.99. The highest BCUT2D eigenvalue weighted by Gasteiger charge is 2.53. The van der Waals surface area contributed by atoms with Crippen molar-refractivity contribution in [1.29, 1.82) is 0 Å². The van der Waals surface area contributed by atoms with Crippen LogP contribution in [0.3, 0.4) is 0 Å². The van der Waals surface area contributed by atoms with Crippen molar-refractivity contribution in [1.82, 2.24) is 10.1 Å². The minimum absolute atomic E-state index is 0.0356. The van der Waals surface area contributed by atoms with Gasteiger partial charge in [0.2, 0.25) is 11.8 Å². The van der Waals surface area contributed by atoms with Crippen LogP contribution in [0.15, 0.2) is 10.6 Å². The molecule has 0 saturated carbocycles. The van der Waals surface area contributed by atoms with Crippen LogP contribution in [-0.2, 0) is 16.1 Å². The van der Waals surface area contributed by atoms with Gasteiger partial charge >= 0.3 is 0 Å². The van der Waals surface area contributed by atoms with E-state index in [9.17, 15) is 9.59 Å². The number of thioether (sulfide) groups is 1. The third kappa shape index (κ3) is 1.75. The Morgan fingerprint density at radius 3 is 3.00 bits per heavy atom. The Hall–Kier alpha value is -1.30. The van der Waals surface area contributed by atoms with Crippen LogP contribution >= 0.6 is 11.8 Å². The Balaban J connectivity index is 1.80. The molecule has 0 radical (unpaired) electrons. The quantitative estimate of drug-likeness (QED) is 0.756. The number of likely N-dealkylation sites (tertiary alicyclic amines) is 1. The summed E-state index contributed by atoms with van der Waals surface area (Å²) in [6, 6.07) is 1.76. The smallest absolute Gasteiger partial charge is 0.237 e. The van der Waals surface area contributed by atoms with E-state index in [0.717, 1.165) is 23.6 Å². The second-order valence-electron chi connectivity index (χ2n) is 4.98. The molecular weight excluding hydrogens is 252 g/mol. The summed E-state index contributed by atoms with van der Waals surface area (Å²) in [4.78, 5) is 25.7. The van der Waals surface area contributed by atoms with Gasteiger partial charge in [0.1, 0.15) is 0 Å². The fourth-order valence-corrected chi connectivity index (χ4v) is 4.02. The van der Waals surface area contributed by atoms with E-state index < -0.39 is 5.41 Å². The standard InChI is InChI=1S/C12H14N2O3S/c1-8-4-9(17-13-8)6-14-10(15)5-12(11(14)16)2-3-18-7-12/h4H,2-3,5-7H2,1H3/t12-/m0/s1. The molecule has 1 aromatic heterocycles. The molecule has 3 heterocycles. The summed E-state index contributed by atoms with van der Waals surface area (Å²) in [5, 5.41) is 3.77. The first-order valence-corrected chi connectivity index (χ1v) is 7.11. The van der Waals surface area contributed by atoms with Crippen LogP contribution in [0.5, 0.6) is 0 Å². The molecule has 2 aliphatic rings. The monoisotopic (exact) mass is 266 g/mol. The van der Waals surface area contributed by atoms with Gasteiger partial charge in [-0.1, -0.05) is 5.16 Å². The molecule has 18 heavy (non-hydrogen) atoms. The number of imide groups is 1. The predicted molar refractivity (Wildman–Crippen MR) is 65.8 cm³/mol. The summed E-state index contributed by atoms with van der Waals surface area (Å²) in [6.07, 6.45) is 1.17. The van der Waals surface area contributed by atoms with Gasteiger partial charge in [0.05, 0.1) is 17.7 Å². The third-order valence-electron chi connectivity index (χ3n) is 3.58. The van der Waals surface area contributed by atoms with Gasteiger partial charge < -0.3 is 4.52 Å². The number of nitrogens with zero attached hydrogens (tertiary/aromatic N) is 2. The minimum atomic E-state index is -0.434. The molecule has 1 atom stereocenters. The van der Waals surface area contributed by atoms with Gasteiger partial charge in [0.25, 0.3) is 0 Å². The molecule has 0 unspecified atom stereocenters. The van der Waals surface area contributed by atoms with Gasteiger partial charge in [-0.2, -0.15) is 11.8 Å². The summed E-state index contributed by atoms with van der Waals surface area (Å²) in [5.41, 5.74) is 0.326. The van der Waals surface area contributed by atoms with E-state index in [1.54, 1.807) is 17.8 Å². The molecule has 2 fully saturated rings. The summed E-state index contributed by atoms with van der Waals surface area (Å²) in [5.74, 6) is 2.18. The highest BCUT2D eigenvalue weighted by molar-refractivity contribution is 7.99. The molecule has 0 aliphatic carbocycles. The SMILES string of the molecule is Cc1cc(CN2C(=O)C[C@]3(CCSC3)C2=O)on1. The van der Waals surface area contributed by atoms with Crippen LogP contribution in [0.4, 0.5) is 0 Å². The van der Waals surface area contributed by atoms with Gasteiger partial charge in [-0.3, -0.25) is 14.5 Å². The number of hydrogen-bond acceptors (Lipinski definition) is 5. The number of hydrogen-bond donors (Lipinski definition) is 0. The van der Waals surface area contributed by atoms with Crippen LogP contribution in [0, 0.1) is 12.3 Å². The molecule has 6 heteroatoms. The lowest BCUT2D eigenvalue weighted by atomic mass is 9.86. The Morgan fingerprint density at radius 1 is 1.56 bits per heavy atom. The molecule has 1 aromatic rings. The zero-order chi connectivity index (χ0) is 12.8. The third-order valence-corrected chi connectivity index (χ3v) is 4.83. The van der Waals surface area contributed by atoms with E-state index in [0.29, 0.717) is 12.2 Å². The van der Waals surface area contributed by atoms with Crippen LogP contribution < -0.4 is 0 Å². The van der Waals surface area contributed by atoms with Gasteiger partial charge in [-0.05, 0) is 19.1 Å². The van der Waals surface area contributed by atoms with Crippen LogP contribution in [0.25, 0.3) is 0 Å². The van der Waals surface area contributed by atoms with E-state index in [-0.39, 0.29) is 18.4 Å². The van der Waals surface area contributed by atoms with Crippen LogP contribution in [0.1, 0.15) is 24.3 Å². The molecule has 0 bridgehead atoms. The highest BCUT2D eigenvalue weighted by atomic mass is 32.2. The summed E-state index contributed by atoms with van der Waals surface area (Å²) >= 11 is 1.75. The normalized spacial score (nSPS) is 27.7. The summed E-state index contributed by atoms with van der Waals surface area (Å²) in [7, 11) is 0. The minimum Gasteiger partial charge on any atom is -0.359 e. The van der Waals surface area contributed by atoms with Gasteiger partial charge in [0, 0.05) is 18.2 Å². The molecule has 0 aromatic carbocycles. The maximum atomic E-state index is 12.4.